The molecule has 2 saturated heterocycles. The number of morpholine rings is 1. The summed E-state index contributed by atoms with van der Waals surface area (Å²) in [6.07, 6.45) is 4.51. The van der Waals surface area contributed by atoms with Crippen molar-refractivity contribution in [2.45, 2.75) is 38.8 Å². The van der Waals surface area contributed by atoms with E-state index in [1.54, 1.807) is 0 Å². The minimum atomic E-state index is 0. The number of pyridine rings is 1. The van der Waals surface area contributed by atoms with E-state index in [-0.39, 0.29) is 29.5 Å². The molecule has 0 saturated carbocycles. The van der Waals surface area contributed by atoms with Gasteiger partial charge in [-0.05, 0) is 38.3 Å². The number of hydrogen-bond acceptors (Lipinski definition) is 5. The van der Waals surface area contributed by atoms with Gasteiger partial charge in [0, 0.05) is 58.1 Å². The summed E-state index contributed by atoms with van der Waals surface area (Å²) in [7, 11) is 1.81. The molecule has 1 aromatic heterocycles. The number of aromatic nitrogens is 1. The zero-order chi connectivity index (χ0) is 19.1. The Morgan fingerprint density at radius 1 is 1.14 bits per heavy atom. The summed E-state index contributed by atoms with van der Waals surface area (Å²) < 4.78 is 5.46. The highest BCUT2D eigenvalue weighted by Crippen LogP contribution is 2.17. The second kappa shape index (κ2) is 11.2. The van der Waals surface area contributed by atoms with Crippen LogP contribution in [0.3, 0.4) is 0 Å². The Labute approximate surface area is 186 Å². The van der Waals surface area contributed by atoms with Gasteiger partial charge in [-0.1, -0.05) is 6.07 Å². The first-order valence-corrected chi connectivity index (χ1v) is 10.1. The SMILES string of the molecule is CN=C(NCc1ccc(N2CCCC2)nc1)NCC(C)(C)N1CCOCC1.I. The van der Waals surface area contributed by atoms with E-state index in [0.717, 1.165) is 63.3 Å². The molecular weight excluding hydrogens is 467 g/mol. The predicted octanol–water partition coefficient (Wildman–Crippen LogP) is 2.08. The molecule has 0 aliphatic carbocycles. The van der Waals surface area contributed by atoms with Crippen molar-refractivity contribution >= 4 is 35.8 Å². The highest BCUT2D eigenvalue weighted by atomic mass is 127. The number of anilines is 1. The standard InChI is InChI=1S/C20H34N6O.HI/c1-20(2,26-10-12-27-13-11-26)16-24-19(21-3)23-15-17-6-7-18(22-14-17)25-8-4-5-9-25;/h6-7,14H,4-5,8-13,15-16H2,1-3H3,(H2,21,23,24);1H. The molecule has 0 amide bonds. The highest BCUT2D eigenvalue weighted by molar-refractivity contribution is 14.0. The lowest BCUT2D eigenvalue weighted by Crippen LogP contribution is -2.56. The maximum atomic E-state index is 5.46. The van der Waals surface area contributed by atoms with Gasteiger partial charge < -0.3 is 20.3 Å². The Morgan fingerprint density at radius 3 is 2.46 bits per heavy atom. The number of halogens is 1. The van der Waals surface area contributed by atoms with Gasteiger partial charge in [0.15, 0.2) is 5.96 Å². The molecule has 8 heteroatoms. The van der Waals surface area contributed by atoms with Crippen LogP contribution >= 0.6 is 24.0 Å². The maximum absolute atomic E-state index is 5.46. The van der Waals surface area contributed by atoms with Crippen LogP contribution in [0.2, 0.25) is 0 Å². The first kappa shape index (κ1) is 23.2. The van der Waals surface area contributed by atoms with Crippen LogP contribution in [0.1, 0.15) is 32.3 Å². The van der Waals surface area contributed by atoms with Crippen LogP contribution in [0.15, 0.2) is 23.3 Å². The summed E-state index contributed by atoms with van der Waals surface area (Å²) in [5, 5.41) is 6.85. The minimum absolute atomic E-state index is 0. The van der Waals surface area contributed by atoms with Gasteiger partial charge in [0.05, 0.1) is 13.2 Å². The van der Waals surface area contributed by atoms with Crippen molar-refractivity contribution in [1.29, 1.82) is 0 Å². The largest absolute Gasteiger partial charge is 0.379 e. The second-order valence-electron chi connectivity index (χ2n) is 7.91. The Morgan fingerprint density at radius 2 is 1.86 bits per heavy atom. The summed E-state index contributed by atoms with van der Waals surface area (Å²) in [5.41, 5.74) is 1.22. The molecule has 2 N–H and O–H groups in total. The van der Waals surface area contributed by atoms with E-state index in [9.17, 15) is 0 Å². The topological polar surface area (TPSA) is 65.0 Å². The zero-order valence-corrected chi connectivity index (χ0v) is 19.7. The molecule has 7 nitrogen and oxygen atoms in total. The van der Waals surface area contributed by atoms with Gasteiger partial charge in [0.25, 0.3) is 0 Å². The van der Waals surface area contributed by atoms with Crippen molar-refractivity contribution < 1.29 is 4.74 Å². The van der Waals surface area contributed by atoms with E-state index < -0.39 is 0 Å². The van der Waals surface area contributed by atoms with E-state index in [2.05, 4.69) is 56.4 Å². The van der Waals surface area contributed by atoms with Crippen LogP contribution in [0.4, 0.5) is 5.82 Å². The minimum Gasteiger partial charge on any atom is -0.379 e. The maximum Gasteiger partial charge on any atom is 0.191 e. The van der Waals surface area contributed by atoms with Gasteiger partial charge in [-0.15, -0.1) is 24.0 Å². The number of rotatable bonds is 6. The first-order valence-electron chi connectivity index (χ1n) is 10.1. The number of nitrogens with zero attached hydrogens (tertiary/aromatic N) is 4. The van der Waals surface area contributed by atoms with E-state index in [1.807, 2.05) is 13.2 Å². The molecule has 0 unspecified atom stereocenters. The van der Waals surface area contributed by atoms with Gasteiger partial charge in [-0.25, -0.2) is 4.98 Å². The fourth-order valence-electron chi connectivity index (χ4n) is 3.64. The Kier molecular flexibility index (Phi) is 9.23. The van der Waals surface area contributed by atoms with Crippen molar-refractivity contribution in [3.05, 3.63) is 23.9 Å². The van der Waals surface area contributed by atoms with Crippen molar-refractivity contribution in [3.8, 4) is 0 Å². The highest BCUT2D eigenvalue weighted by Gasteiger charge is 2.28. The van der Waals surface area contributed by atoms with Crippen molar-refractivity contribution in [2.24, 2.45) is 4.99 Å². The van der Waals surface area contributed by atoms with E-state index in [0.29, 0.717) is 6.54 Å². The lowest BCUT2D eigenvalue weighted by Gasteiger charge is -2.41. The van der Waals surface area contributed by atoms with Crippen LogP contribution < -0.4 is 15.5 Å². The summed E-state index contributed by atoms with van der Waals surface area (Å²) in [4.78, 5) is 13.8. The van der Waals surface area contributed by atoms with Crippen LogP contribution in [-0.4, -0.2) is 74.4 Å². The van der Waals surface area contributed by atoms with Gasteiger partial charge >= 0.3 is 0 Å². The molecule has 2 aliphatic rings. The molecule has 0 atom stereocenters. The van der Waals surface area contributed by atoms with E-state index >= 15 is 0 Å². The fraction of sp³-hybridized carbons (Fsp3) is 0.700. The lowest BCUT2D eigenvalue weighted by molar-refractivity contribution is -0.00834. The Hall–Kier alpha value is -1.13. The van der Waals surface area contributed by atoms with Crippen molar-refractivity contribution in [2.75, 3.05) is 57.9 Å². The Bertz CT molecular complexity index is 610. The third kappa shape index (κ3) is 6.45. The first-order chi connectivity index (χ1) is 13.1. The average molecular weight is 502 g/mol. The lowest BCUT2D eigenvalue weighted by atomic mass is 10.0. The molecule has 0 aromatic carbocycles. The van der Waals surface area contributed by atoms with Gasteiger partial charge in [0.1, 0.15) is 5.82 Å². The number of guanidine groups is 1. The van der Waals surface area contributed by atoms with Crippen LogP contribution in [-0.2, 0) is 11.3 Å². The molecule has 0 spiro atoms. The predicted molar refractivity (Wildman–Crippen MR) is 126 cm³/mol. The molecule has 158 valence electrons. The smallest absolute Gasteiger partial charge is 0.191 e. The van der Waals surface area contributed by atoms with Gasteiger partial charge in [-0.3, -0.25) is 9.89 Å². The third-order valence-electron chi connectivity index (χ3n) is 5.48. The molecule has 3 rings (SSSR count). The molecular formula is C20H35IN6O. The van der Waals surface area contributed by atoms with E-state index in [4.69, 9.17) is 4.74 Å². The summed E-state index contributed by atoms with van der Waals surface area (Å²) in [6.45, 7) is 11.9. The number of nitrogens with one attached hydrogen (secondary N) is 2. The van der Waals surface area contributed by atoms with E-state index in [1.165, 1.54) is 12.8 Å². The van der Waals surface area contributed by atoms with Crippen molar-refractivity contribution in [3.63, 3.8) is 0 Å². The van der Waals surface area contributed by atoms with Gasteiger partial charge in [0.2, 0.25) is 0 Å². The molecule has 2 aliphatic heterocycles. The van der Waals surface area contributed by atoms with Crippen LogP contribution in [0.25, 0.3) is 0 Å². The number of hydrogen-bond donors (Lipinski definition) is 2. The quantitative estimate of drug-likeness (QED) is 0.353. The monoisotopic (exact) mass is 502 g/mol. The molecule has 2 fully saturated rings. The Balaban J connectivity index is 0.00000280. The molecule has 28 heavy (non-hydrogen) atoms. The fourth-order valence-corrected chi connectivity index (χ4v) is 3.64. The van der Waals surface area contributed by atoms with Crippen LogP contribution in [0.5, 0.6) is 0 Å². The number of ether oxygens (including phenoxy) is 1. The molecule has 3 heterocycles. The second-order valence-corrected chi connectivity index (χ2v) is 7.91. The van der Waals surface area contributed by atoms with Crippen molar-refractivity contribution in [1.82, 2.24) is 20.5 Å². The summed E-state index contributed by atoms with van der Waals surface area (Å²) >= 11 is 0. The van der Waals surface area contributed by atoms with Gasteiger partial charge in [-0.2, -0.15) is 0 Å². The summed E-state index contributed by atoms with van der Waals surface area (Å²) in [6, 6.07) is 4.28. The normalized spacial score (nSPS) is 18.7. The molecule has 0 bridgehead atoms. The summed E-state index contributed by atoms with van der Waals surface area (Å²) in [5.74, 6) is 1.91. The third-order valence-corrected chi connectivity index (χ3v) is 5.48. The molecule has 1 aromatic rings. The van der Waals surface area contributed by atoms with Crippen LogP contribution in [0, 0.1) is 0 Å². The average Bonchev–Trinajstić information content (AvgIpc) is 3.24. The number of aliphatic imine (C=N–C) groups is 1. The molecule has 0 radical (unpaired) electrons. The zero-order valence-electron chi connectivity index (χ0n) is 17.4.